The highest BCUT2D eigenvalue weighted by Gasteiger charge is 2.47. The zero-order chi connectivity index (χ0) is 15.5. The lowest BCUT2D eigenvalue weighted by molar-refractivity contribution is -0.201. The predicted octanol–water partition coefficient (Wildman–Crippen LogP) is 2.46. The quantitative estimate of drug-likeness (QED) is 0.833. The third-order valence-electron chi connectivity index (χ3n) is 5.34. The molecule has 4 heterocycles. The Balaban J connectivity index is 1.22. The monoisotopic (exact) mass is 321 g/mol. The van der Waals surface area contributed by atoms with Gasteiger partial charge in [-0.1, -0.05) is 0 Å². The third kappa shape index (κ3) is 3.79. The van der Waals surface area contributed by atoms with Crippen LogP contribution in [0.15, 0.2) is 22.8 Å². The maximum atomic E-state index is 6.22. The van der Waals surface area contributed by atoms with E-state index in [9.17, 15) is 0 Å². The lowest BCUT2D eigenvalue weighted by atomic mass is 9.84. The number of hydrogen-bond acceptors (Lipinski definition) is 5. The van der Waals surface area contributed by atoms with Gasteiger partial charge in [0.25, 0.3) is 0 Å². The molecule has 3 saturated heterocycles. The van der Waals surface area contributed by atoms with Crippen molar-refractivity contribution < 1.29 is 18.6 Å². The fourth-order valence-corrected chi connectivity index (χ4v) is 4.03. The summed E-state index contributed by atoms with van der Waals surface area (Å²) >= 11 is 0. The number of ether oxygens (including phenoxy) is 3. The summed E-state index contributed by atoms with van der Waals surface area (Å²) in [5.74, 6) is 1.71. The Labute approximate surface area is 137 Å². The number of hydrogen-bond donors (Lipinski definition) is 0. The van der Waals surface area contributed by atoms with Gasteiger partial charge in [-0.05, 0) is 37.3 Å². The first-order valence-corrected chi connectivity index (χ1v) is 8.89. The van der Waals surface area contributed by atoms with Crippen molar-refractivity contribution in [2.24, 2.45) is 5.92 Å². The summed E-state index contributed by atoms with van der Waals surface area (Å²) in [6.07, 6.45) is 6.45. The predicted molar refractivity (Wildman–Crippen MR) is 85.2 cm³/mol. The molecule has 0 bridgehead atoms. The van der Waals surface area contributed by atoms with Crippen molar-refractivity contribution in [3.63, 3.8) is 0 Å². The van der Waals surface area contributed by atoms with Crippen molar-refractivity contribution in [1.29, 1.82) is 0 Å². The topological polar surface area (TPSA) is 44.1 Å². The fourth-order valence-electron chi connectivity index (χ4n) is 4.03. The summed E-state index contributed by atoms with van der Waals surface area (Å²) in [7, 11) is 0. The molecular formula is C18H27NO4. The Morgan fingerprint density at radius 3 is 2.83 bits per heavy atom. The van der Waals surface area contributed by atoms with Gasteiger partial charge in [0.15, 0.2) is 0 Å². The van der Waals surface area contributed by atoms with E-state index in [1.807, 2.05) is 12.1 Å². The molecule has 5 heteroatoms. The number of nitrogens with zero attached hydrogens (tertiary/aromatic N) is 1. The largest absolute Gasteiger partial charge is 0.468 e. The molecule has 1 atom stereocenters. The van der Waals surface area contributed by atoms with Gasteiger partial charge in [0.1, 0.15) is 5.76 Å². The van der Waals surface area contributed by atoms with Crippen LogP contribution >= 0.6 is 0 Å². The molecule has 4 rings (SSSR count). The lowest BCUT2D eigenvalue weighted by Crippen LogP contribution is -2.65. The van der Waals surface area contributed by atoms with Gasteiger partial charge in [0.2, 0.25) is 0 Å². The lowest BCUT2D eigenvalue weighted by Gasteiger charge is -2.53. The summed E-state index contributed by atoms with van der Waals surface area (Å²) < 4.78 is 23.2. The fraction of sp³-hybridized carbons (Fsp3) is 0.778. The molecule has 128 valence electrons. The summed E-state index contributed by atoms with van der Waals surface area (Å²) in [4.78, 5) is 2.39. The molecule has 0 radical (unpaired) electrons. The second-order valence-corrected chi connectivity index (χ2v) is 7.26. The Hall–Kier alpha value is -0.880. The van der Waals surface area contributed by atoms with Gasteiger partial charge in [-0.25, -0.2) is 0 Å². The molecular weight excluding hydrogens is 294 g/mol. The van der Waals surface area contributed by atoms with Crippen molar-refractivity contribution in [2.45, 2.75) is 43.9 Å². The van der Waals surface area contributed by atoms with Crippen LogP contribution < -0.4 is 0 Å². The minimum absolute atomic E-state index is 0.0190. The zero-order valence-corrected chi connectivity index (χ0v) is 13.7. The molecule has 1 aromatic heterocycles. The van der Waals surface area contributed by atoms with Crippen LogP contribution in [-0.4, -0.2) is 56.1 Å². The molecule has 0 saturated carbocycles. The summed E-state index contributed by atoms with van der Waals surface area (Å²) in [5, 5.41) is 0. The van der Waals surface area contributed by atoms with Crippen LogP contribution in [0.3, 0.4) is 0 Å². The van der Waals surface area contributed by atoms with E-state index in [1.54, 1.807) is 6.26 Å². The SMILES string of the molecule is c1coc(CN2CC3(C[C@@H](OCC4CCOCC4)CCO3)C2)c1. The van der Waals surface area contributed by atoms with Gasteiger partial charge in [-0.3, -0.25) is 4.90 Å². The minimum atomic E-state index is 0.0190. The van der Waals surface area contributed by atoms with E-state index in [1.165, 1.54) is 0 Å². The second-order valence-electron chi connectivity index (χ2n) is 7.26. The van der Waals surface area contributed by atoms with Crippen LogP contribution in [0.2, 0.25) is 0 Å². The van der Waals surface area contributed by atoms with Crippen LogP contribution in [0.25, 0.3) is 0 Å². The van der Waals surface area contributed by atoms with Crippen LogP contribution in [0.4, 0.5) is 0 Å². The molecule has 0 aliphatic carbocycles. The second kappa shape index (κ2) is 6.93. The van der Waals surface area contributed by atoms with Crippen LogP contribution in [0.1, 0.15) is 31.4 Å². The normalized spacial score (nSPS) is 28.8. The first-order chi connectivity index (χ1) is 11.3. The first kappa shape index (κ1) is 15.6. The van der Waals surface area contributed by atoms with E-state index in [0.717, 1.165) is 77.5 Å². The molecule has 0 aromatic carbocycles. The maximum Gasteiger partial charge on any atom is 0.117 e. The summed E-state index contributed by atoms with van der Waals surface area (Å²) in [5.41, 5.74) is 0.0190. The van der Waals surface area contributed by atoms with Crippen molar-refractivity contribution in [3.05, 3.63) is 24.2 Å². The molecule has 1 spiro atoms. The van der Waals surface area contributed by atoms with E-state index >= 15 is 0 Å². The van der Waals surface area contributed by atoms with Crippen LogP contribution in [-0.2, 0) is 20.8 Å². The molecule has 0 unspecified atom stereocenters. The van der Waals surface area contributed by atoms with Gasteiger partial charge >= 0.3 is 0 Å². The highest BCUT2D eigenvalue weighted by Crippen LogP contribution is 2.36. The molecule has 3 aliphatic rings. The number of furan rings is 1. The smallest absolute Gasteiger partial charge is 0.117 e. The van der Waals surface area contributed by atoms with Gasteiger partial charge in [-0.15, -0.1) is 0 Å². The van der Waals surface area contributed by atoms with Crippen molar-refractivity contribution in [1.82, 2.24) is 4.90 Å². The summed E-state index contributed by atoms with van der Waals surface area (Å²) in [6.45, 7) is 6.37. The molecule has 1 aromatic rings. The van der Waals surface area contributed by atoms with Gasteiger partial charge in [0.05, 0.1) is 24.5 Å². The van der Waals surface area contributed by atoms with Crippen LogP contribution in [0.5, 0.6) is 0 Å². The Morgan fingerprint density at radius 1 is 1.17 bits per heavy atom. The standard InChI is InChI=1S/C18H27NO4/c1-2-17(21-6-1)11-19-13-18(14-19)10-16(5-9-23-18)22-12-15-3-7-20-8-4-15/h1-2,6,15-16H,3-5,7-14H2/t16-/m0/s1. The van der Waals surface area contributed by atoms with Crippen molar-refractivity contribution in [2.75, 3.05) is 39.5 Å². The van der Waals surface area contributed by atoms with Gasteiger partial charge < -0.3 is 18.6 Å². The highest BCUT2D eigenvalue weighted by molar-refractivity contribution is 5.05. The first-order valence-electron chi connectivity index (χ1n) is 8.89. The number of likely N-dealkylation sites (tertiary alicyclic amines) is 1. The molecule has 3 aliphatic heterocycles. The van der Waals surface area contributed by atoms with Crippen molar-refractivity contribution >= 4 is 0 Å². The summed E-state index contributed by atoms with van der Waals surface area (Å²) in [6, 6.07) is 3.98. The Kier molecular flexibility index (Phi) is 4.71. The molecule has 3 fully saturated rings. The Bertz CT molecular complexity index is 477. The Morgan fingerprint density at radius 2 is 2.04 bits per heavy atom. The zero-order valence-electron chi connectivity index (χ0n) is 13.7. The molecule has 0 amide bonds. The van der Waals surface area contributed by atoms with E-state index in [2.05, 4.69) is 4.90 Å². The highest BCUT2D eigenvalue weighted by atomic mass is 16.5. The molecule has 23 heavy (non-hydrogen) atoms. The maximum absolute atomic E-state index is 6.22. The molecule has 0 N–H and O–H groups in total. The average Bonchev–Trinajstić information content (AvgIpc) is 3.06. The van der Waals surface area contributed by atoms with E-state index in [-0.39, 0.29) is 5.60 Å². The minimum Gasteiger partial charge on any atom is -0.468 e. The van der Waals surface area contributed by atoms with Crippen molar-refractivity contribution in [3.8, 4) is 0 Å². The van der Waals surface area contributed by atoms with E-state index in [0.29, 0.717) is 12.0 Å². The van der Waals surface area contributed by atoms with Gasteiger partial charge in [0, 0.05) is 45.9 Å². The average molecular weight is 321 g/mol. The number of rotatable bonds is 5. The van der Waals surface area contributed by atoms with Crippen LogP contribution in [0, 0.1) is 5.92 Å². The molecule has 5 nitrogen and oxygen atoms in total. The van der Waals surface area contributed by atoms with Gasteiger partial charge in [-0.2, -0.15) is 0 Å². The third-order valence-corrected chi connectivity index (χ3v) is 5.34. The van der Waals surface area contributed by atoms with E-state index < -0.39 is 0 Å². The van der Waals surface area contributed by atoms with E-state index in [4.69, 9.17) is 18.6 Å².